The van der Waals surface area contributed by atoms with Crippen molar-refractivity contribution in [1.82, 2.24) is 20.3 Å². The molecule has 24 heteroatoms. The number of imide groups is 1. The van der Waals surface area contributed by atoms with E-state index < -0.39 is 48.1 Å². The van der Waals surface area contributed by atoms with Gasteiger partial charge >= 0.3 is 24.2 Å². The minimum atomic E-state index is -1.20. The first-order valence-electron chi connectivity index (χ1n) is 23.5. The van der Waals surface area contributed by atoms with E-state index in [0.717, 1.165) is 56.2 Å². The van der Waals surface area contributed by atoms with E-state index in [0.29, 0.717) is 47.3 Å². The summed E-state index contributed by atoms with van der Waals surface area (Å²) in [5.74, 6) is -2.45. The van der Waals surface area contributed by atoms with Crippen LogP contribution in [0.1, 0.15) is 83.7 Å². The quantitative estimate of drug-likeness (QED) is 0.0307. The third kappa shape index (κ3) is 22.3. The fourth-order valence-electron chi connectivity index (χ4n) is 6.67. The van der Waals surface area contributed by atoms with Gasteiger partial charge in [0.1, 0.15) is 25.3 Å². The van der Waals surface area contributed by atoms with Crippen LogP contribution in [0.15, 0.2) is 97.1 Å². The number of anilines is 2. The van der Waals surface area contributed by atoms with Crippen molar-refractivity contribution in [3.8, 4) is 22.5 Å². The van der Waals surface area contributed by atoms with Gasteiger partial charge in [0.25, 0.3) is 11.8 Å². The number of benzene rings is 4. The molecule has 0 aliphatic carbocycles. The Morgan fingerprint density at radius 3 is 1.47 bits per heavy atom. The zero-order chi connectivity index (χ0) is 55.5. The summed E-state index contributed by atoms with van der Waals surface area (Å²) in [6.07, 6.45) is -0.103. The number of carbonyl (C=O) groups excluding carboxylic acids is 4. The number of aliphatic carboxylic acids is 2. The lowest BCUT2D eigenvalue weighted by Gasteiger charge is -2.15. The van der Waals surface area contributed by atoms with E-state index in [1.807, 2.05) is 48.5 Å². The number of rotatable bonds is 20. The summed E-state index contributed by atoms with van der Waals surface area (Å²) in [5, 5.41) is 30.3. The Labute approximate surface area is 488 Å². The average Bonchev–Trinajstić information content (AvgIpc) is 4.08. The van der Waals surface area contributed by atoms with Crippen LogP contribution in [-0.4, -0.2) is 86.4 Å². The highest BCUT2D eigenvalue weighted by Crippen LogP contribution is 2.37. The number of thiazole rings is 2. The van der Waals surface area contributed by atoms with Crippen molar-refractivity contribution in [2.45, 2.75) is 101 Å². The van der Waals surface area contributed by atoms with Crippen LogP contribution < -0.4 is 21.7 Å². The number of nitrogens with zero attached hydrogens (tertiary/aromatic N) is 3. The Morgan fingerprint density at radius 1 is 0.633 bits per heavy atom. The van der Waals surface area contributed by atoms with E-state index >= 15 is 0 Å². The first-order chi connectivity index (χ1) is 36.2. The van der Waals surface area contributed by atoms with Crippen molar-refractivity contribution < 1.29 is 53.3 Å². The normalized spacial score (nSPS) is 12.2. The van der Waals surface area contributed by atoms with E-state index in [9.17, 15) is 33.9 Å². The number of hydroxylamine groups is 2. The molecule has 2 atom stereocenters. The Bertz CT molecular complexity index is 2930. The van der Waals surface area contributed by atoms with Crippen LogP contribution in [0.5, 0.6) is 0 Å². The summed E-state index contributed by atoms with van der Waals surface area (Å²) in [6, 6.07) is 26.7. The van der Waals surface area contributed by atoms with Gasteiger partial charge in [-0.05, 0) is 60.1 Å². The molecule has 2 aromatic heterocycles. The number of carboxylic acids is 2. The molecule has 7 N–H and O–H groups in total. The molecule has 0 saturated carbocycles. The maximum absolute atomic E-state index is 12.1. The second kappa shape index (κ2) is 33.8. The number of ether oxygens (including phenoxy) is 2. The van der Waals surface area contributed by atoms with Crippen LogP contribution in [-0.2, 0) is 59.5 Å². The summed E-state index contributed by atoms with van der Waals surface area (Å²) in [5.41, 5.74) is 10.4. The molecule has 0 radical (unpaired) electrons. The number of hydrogen-bond acceptors (Lipinski definition) is 16. The zero-order valence-corrected chi connectivity index (χ0v) is 46.2. The lowest BCUT2D eigenvalue weighted by molar-refractivity contribution is -0.177. The third-order valence-corrected chi connectivity index (χ3v) is 13.9. The lowest BCUT2D eigenvalue weighted by Crippen LogP contribution is -2.45. The van der Waals surface area contributed by atoms with Gasteiger partial charge in [-0.15, -0.1) is 22.7 Å². The molecule has 6 aromatic rings. The monoisotopic (exact) mass is 1210 g/mol. The number of hydrogen-bond donors (Lipinski definition) is 6. The number of halogens is 4. The first-order valence-corrected chi connectivity index (χ1v) is 26.6. The summed E-state index contributed by atoms with van der Waals surface area (Å²) in [4.78, 5) is 84.1. The van der Waals surface area contributed by atoms with Gasteiger partial charge < -0.3 is 41.4 Å². The maximum atomic E-state index is 12.1. The van der Waals surface area contributed by atoms with Gasteiger partial charge in [-0.25, -0.2) is 24.4 Å². The SMILES string of the molecule is C.C.C.CC(C)Cc1sc(NCC(N)C(=O)O)nc1-c1ccc(Cl)c(Cl)c1.CC(C)Cc1sc(NCC(NC(=O)OCc2ccccc2)C(=O)O)nc1-c1ccc(Cl)c(Cl)c1.O=C(OCc1ccccc1)ON1C(=O)CCC1=O. The first kappa shape index (κ1) is 68.6. The summed E-state index contributed by atoms with van der Waals surface area (Å²) >= 11 is 27.3. The smallest absolute Gasteiger partial charge is 0.480 e. The van der Waals surface area contributed by atoms with Gasteiger partial charge in [0, 0.05) is 46.8 Å². The molecule has 428 valence electrons. The molecule has 3 heterocycles. The molecule has 1 saturated heterocycles. The Morgan fingerprint density at radius 2 is 1.06 bits per heavy atom. The highest BCUT2D eigenvalue weighted by Gasteiger charge is 2.33. The molecule has 4 aromatic carbocycles. The molecule has 7 rings (SSSR count). The fourth-order valence-corrected chi connectivity index (χ4v) is 9.67. The minimum absolute atomic E-state index is 0. The summed E-state index contributed by atoms with van der Waals surface area (Å²) in [6.45, 7) is 8.60. The van der Waals surface area contributed by atoms with Gasteiger partial charge in [-0.2, -0.15) is 0 Å². The molecule has 79 heavy (non-hydrogen) atoms. The van der Waals surface area contributed by atoms with Crippen molar-refractivity contribution in [2.24, 2.45) is 17.6 Å². The summed E-state index contributed by atoms with van der Waals surface area (Å²) in [7, 11) is 0. The topological polar surface area (TPSA) is 262 Å². The predicted octanol–water partition coefficient (Wildman–Crippen LogP) is 13.6. The second-order valence-electron chi connectivity index (χ2n) is 17.5. The van der Waals surface area contributed by atoms with Gasteiger partial charge in [0.2, 0.25) is 0 Å². The van der Waals surface area contributed by atoms with Crippen LogP contribution in [0.4, 0.5) is 19.9 Å². The predicted molar refractivity (Wildman–Crippen MR) is 315 cm³/mol. The van der Waals surface area contributed by atoms with Crippen molar-refractivity contribution in [3.05, 3.63) is 138 Å². The standard InChI is InChI=1S/C24H25Cl2N3O4S.C16H19Cl2N3O2S.C12H11NO5.3CH4/c1-14(2)10-20-21(16-8-9-17(25)18(26)11-16)29-23(34-20)27-12-19(22(30)31)28-24(32)33-13-15-6-4-3-5-7-15;1-8(2)5-13-14(9-3-4-10(17)11(18)6-9)21-16(24-13)20-7-12(19)15(22)23;14-10-6-7-11(15)13(10)18-12(16)17-8-9-4-2-1-3-5-9;;;/h3-9,11,14,19H,10,12-13H2,1-2H3,(H,27,29)(H,28,32)(H,30,31);3-4,6,8,12H,5,7,19H2,1-2H3,(H,20,21)(H,22,23);1-5H,6-8H2;3*1H4. The van der Waals surface area contributed by atoms with Crippen LogP contribution in [0.2, 0.25) is 20.1 Å². The van der Waals surface area contributed by atoms with Crippen molar-refractivity contribution in [2.75, 3.05) is 23.7 Å². The number of carbonyl (C=O) groups is 6. The van der Waals surface area contributed by atoms with E-state index in [1.54, 1.807) is 48.5 Å². The Hall–Kier alpha value is -6.52. The van der Waals surface area contributed by atoms with Crippen LogP contribution in [0.25, 0.3) is 22.5 Å². The zero-order valence-electron chi connectivity index (χ0n) is 41.5. The van der Waals surface area contributed by atoms with Gasteiger partial charge in [-0.3, -0.25) is 19.2 Å². The molecule has 3 amide bonds. The molecule has 1 aliphatic rings. The number of carboxylic acid groups (broad SMARTS) is 2. The third-order valence-electron chi connectivity index (χ3n) is 10.4. The number of aromatic nitrogens is 2. The minimum Gasteiger partial charge on any atom is -0.480 e. The molecule has 0 bridgehead atoms. The lowest BCUT2D eigenvalue weighted by atomic mass is 10.0. The molecule has 18 nitrogen and oxygen atoms in total. The average molecular weight is 1210 g/mol. The number of amides is 3. The number of nitrogens with two attached hydrogens (primary N) is 1. The Balaban J connectivity index is 0.000000418. The van der Waals surface area contributed by atoms with Gasteiger partial charge in [0.15, 0.2) is 10.3 Å². The molecule has 1 aliphatic heterocycles. The highest BCUT2D eigenvalue weighted by molar-refractivity contribution is 7.16. The van der Waals surface area contributed by atoms with Crippen LogP contribution in [0.3, 0.4) is 0 Å². The van der Waals surface area contributed by atoms with Crippen LogP contribution >= 0.6 is 69.1 Å². The van der Waals surface area contributed by atoms with Gasteiger partial charge in [-0.1, -0.05) is 174 Å². The molecule has 1 fully saturated rings. The van der Waals surface area contributed by atoms with E-state index in [2.05, 4.69) is 58.5 Å². The number of nitrogens with one attached hydrogen (secondary N) is 3. The highest BCUT2D eigenvalue weighted by atomic mass is 35.5. The van der Waals surface area contributed by atoms with Crippen molar-refractivity contribution in [1.29, 1.82) is 0 Å². The molecule has 2 unspecified atom stereocenters. The van der Waals surface area contributed by atoms with Crippen molar-refractivity contribution >= 4 is 115 Å². The molecular formula is C55H67Cl4N7O11S2. The van der Waals surface area contributed by atoms with E-state index in [1.165, 1.54) is 22.7 Å². The molecular weight excluding hydrogens is 1140 g/mol. The molecule has 0 spiro atoms. The van der Waals surface area contributed by atoms with Crippen LogP contribution in [0, 0.1) is 11.8 Å². The van der Waals surface area contributed by atoms with E-state index in [4.69, 9.17) is 66.7 Å². The summed E-state index contributed by atoms with van der Waals surface area (Å²) < 4.78 is 9.91. The number of alkyl carbamates (subject to hydrolysis) is 1. The van der Waals surface area contributed by atoms with Gasteiger partial charge in [0.05, 0.1) is 31.5 Å². The van der Waals surface area contributed by atoms with Crippen molar-refractivity contribution in [3.63, 3.8) is 0 Å². The second-order valence-corrected chi connectivity index (χ2v) is 21.3. The van der Waals surface area contributed by atoms with E-state index in [-0.39, 0.29) is 61.4 Å². The fraction of sp³-hybridized carbons (Fsp3) is 0.345. The Kier molecular flexibility index (Phi) is 29.4. The largest absolute Gasteiger partial charge is 0.534 e. The maximum Gasteiger partial charge on any atom is 0.534 e.